The second-order valence-electron chi connectivity index (χ2n) is 3.43. The fourth-order valence-electron chi connectivity index (χ4n) is 1.53. The molecule has 1 aromatic rings. The van der Waals surface area contributed by atoms with Crippen LogP contribution in [-0.2, 0) is 0 Å². The average molecular weight is 216 g/mol. The molecule has 0 spiro atoms. The Morgan fingerprint density at radius 2 is 2.27 bits per heavy atom. The lowest BCUT2D eigenvalue weighted by molar-refractivity contribution is 1.10. The van der Waals surface area contributed by atoms with Crippen molar-refractivity contribution in [1.82, 2.24) is 0 Å². The molecule has 0 radical (unpaired) electrons. The summed E-state index contributed by atoms with van der Waals surface area (Å²) in [6.07, 6.45) is 0.929. The molecule has 0 aromatic heterocycles. The summed E-state index contributed by atoms with van der Waals surface area (Å²) in [6, 6.07) is 10.4. The van der Waals surface area contributed by atoms with Gasteiger partial charge in [0, 0.05) is 21.9 Å². The number of hydrogen-bond acceptors (Lipinski definition) is 3. The molecule has 0 bridgehead atoms. The summed E-state index contributed by atoms with van der Waals surface area (Å²) in [6.45, 7) is 1.86. The maximum Gasteiger partial charge on any atom is 0.0962 e. The molecule has 15 heavy (non-hydrogen) atoms. The summed E-state index contributed by atoms with van der Waals surface area (Å²) in [4.78, 5) is 1.26. The molecule has 76 valence electrons. The zero-order valence-corrected chi connectivity index (χ0v) is 9.40. The maximum absolute atomic E-state index is 8.87. The Balaban J connectivity index is 2.38. The Hall–Kier alpha value is -1.40. The number of hydrogen-bond donors (Lipinski definition) is 1. The van der Waals surface area contributed by atoms with E-state index < -0.39 is 0 Å². The van der Waals surface area contributed by atoms with Crippen molar-refractivity contribution in [2.75, 3.05) is 11.1 Å². The van der Waals surface area contributed by atoms with Crippen LogP contribution < -0.4 is 5.32 Å². The summed E-state index contributed by atoms with van der Waals surface area (Å²) in [5, 5.41) is 12.2. The predicted molar refractivity (Wildman–Crippen MR) is 63.7 cm³/mol. The van der Waals surface area contributed by atoms with Crippen LogP contribution in [0.5, 0.6) is 0 Å². The summed E-state index contributed by atoms with van der Waals surface area (Å²) in [5.41, 5.74) is 2.95. The molecular weight excluding hydrogens is 204 g/mol. The Morgan fingerprint density at radius 1 is 1.47 bits per heavy atom. The first kappa shape index (κ1) is 10.1. The Morgan fingerprint density at radius 3 is 3.07 bits per heavy atom. The molecule has 0 aliphatic carbocycles. The van der Waals surface area contributed by atoms with Crippen molar-refractivity contribution in [2.24, 2.45) is 0 Å². The minimum absolute atomic E-state index is 0.785. The highest BCUT2D eigenvalue weighted by molar-refractivity contribution is 7.99. The van der Waals surface area contributed by atoms with E-state index in [-0.39, 0.29) is 0 Å². The van der Waals surface area contributed by atoms with E-state index in [0.29, 0.717) is 0 Å². The number of rotatable bonds is 0. The second-order valence-corrected chi connectivity index (χ2v) is 4.57. The number of nitrogens with zero attached hydrogens (tertiary/aromatic N) is 1. The lowest BCUT2D eigenvalue weighted by Crippen LogP contribution is -2.01. The topological polar surface area (TPSA) is 35.8 Å². The summed E-state index contributed by atoms with van der Waals surface area (Å²) in [7, 11) is 0. The van der Waals surface area contributed by atoms with Crippen LogP contribution in [0.15, 0.2) is 40.4 Å². The van der Waals surface area contributed by atoms with Crippen LogP contribution in [0.2, 0.25) is 0 Å². The minimum atomic E-state index is 0.785. The molecular formula is C12H12N2S. The van der Waals surface area contributed by atoms with Crippen molar-refractivity contribution >= 4 is 17.4 Å². The number of benzene rings is 1. The molecule has 1 N–H and O–H groups in total. The van der Waals surface area contributed by atoms with Gasteiger partial charge in [-0.25, -0.2) is 0 Å². The molecule has 0 saturated carbocycles. The standard InChI is InChI=1S/C12H12N2S/c1-9(8-13)10-6-7-15-12-5-3-2-4-11(12)14-10/h2-5,14H,6-7H2,1H3. The van der Waals surface area contributed by atoms with Gasteiger partial charge in [-0.15, -0.1) is 11.8 Å². The van der Waals surface area contributed by atoms with Gasteiger partial charge in [-0.1, -0.05) is 12.1 Å². The highest BCUT2D eigenvalue weighted by Crippen LogP contribution is 2.33. The quantitative estimate of drug-likeness (QED) is 0.675. The summed E-state index contributed by atoms with van der Waals surface area (Å²) < 4.78 is 0. The molecule has 2 rings (SSSR count). The third-order valence-electron chi connectivity index (χ3n) is 2.40. The van der Waals surface area contributed by atoms with Gasteiger partial charge in [-0.2, -0.15) is 5.26 Å². The van der Waals surface area contributed by atoms with Crippen LogP contribution in [0.4, 0.5) is 5.69 Å². The first-order valence-corrected chi connectivity index (χ1v) is 5.88. The zero-order chi connectivity index (χ0) is 10.7. The van der Waals surface area contributed by atoms with E-state index in [1.165, 1.54) is 4.90 Å². The number of para-hydroxylation sites is 1. The van der Waals surface area contributed by atoms with Crippen molar-refractivity contribution < 1.29 is 0 Å². The van der Waals surface area contributed by atoms with Crippen LogP contribution in [0, 0.1) is 11.3 Å². The van der Waals surface area contributed by atoms with E-state index >= 15 is 0 Å². The average Bonchev–Trinajstić information content (AvgIpc) is 2.49. The van der Waals surface area contributed by atoms with Crippen molar-refractivity contribution in [3.63, 3.8) is 0 Å². The first-order valence-electron chi connectivity index (χ1n) is 4.90. The molecule has 0 fully saturated rings. The van der Waals surface area contributed by atoms with E-state index in [9.17, 15) is 0 Å². The molecule has 0 amide bonds. The van der Waals surface area contributed by atoms with Gasteiger partial charge in [-0.05, 0) is 25.5 Å². The molecule has 0 atom stereocenters. The number of anilines is 1. The van der Waals surface area contributed by atoms with Crippen LogP contribution in [0.25, 0.3) is 0 Å². The first-order chi connectivity index (χ1) is 7.31. The number of nitriles is 1. The fraction of sp³-hybridized carbons (Fsp3) is 0.250. The van der Waals surface area contributed by atoms with Crippen LogP contribution in [-0.4, -0.2) is 5.75 Å². The minimum Gasteiger partial charge on any atom is -0.357 e. The zero-order valence-electron chi connectivity index (χ0n) is 8.58. The Labute approximate surface area is 94.0 Å². The Kier molecular flexibility index (Phi) is 2.98. The van der Waals surface area contributed by atoms with Crippen molar-refractivity contribution in [1.29, 1.82) is 5.26 Å². The van der Waals surface area contributed by atoms with Crippen LogP contribution >= 0.6 is 11.8 Å². The van der Waals surface area contributed by atoms with E-state index in [1.807, 2.05) is 30.8 Å². The third-order valence-corrected chi connectivity index (χ3v) is 3.48. The van der Waals surface area contributed by atoms with Crippen LogP contribution in [0.1, 0.15) is 13.3 Å². The number of allylic oxidation sites excluding steroid dienone is 2. The molecule has 0 unspecified atom stereocenters. The molecule has 1 aromatic carbocycles. The molecule has 0 saturated heterocycles. The van der Waals surface area contributed by atoms with E-state index in [0.717, 1.165) is 29.1 Å². The van der Waals surface area contributed by atoms with E-state index in [4.69, 9.17) is 5.26 Å². The molecule has 1 aliphatic heterocycles. The maximum atomic E-state index is 8.87. The van der Waals surface area contributed by atoms with Crippen molar-refractivity contribution in [3.8, 4) is 6.07 Å². The second kappa shape index (κ2) is 4.41. The smallest absolute Gasteiger partial charge is 0.0962 e. The number of nitrogens with one attached hydrogen (secondary N) is 1. The van der Waals surface area contributed by atoms with Gasteiger partial charge in [-0.3, -0.25) is 0 Å². The van der Waals surface area contributed by atoms with Crippen LogP contribution in [0.3, 0.4) is 0 Å². The predicted octanol–water partition coefficient (Wildman–Crippen LogP) is 3.39. The fourth-order valence-corrected chi connectivity index (χ4v) is 2.51. The SMILES string of the molecule is CC(C#N)=C1CCSc2ccccc2N1. The molecule has 1 aliphatic rings. The van der Waals surface area contributed by atoms with Gasteiger partial charge in [0.15, 0.2) is 0 Å². The largest absolute Gasteiger partial charge is 0.357 e. The van der Waals surface area contributed by atoms with E-state index in [2.05, 4.69) is 23.5 Å². The Bertz CT molecular complexity index is 443. The van der Waals surface area contributed by atoms with Gasteiger partial charge < -0.3 is 5.32 Å². The lowest BCUT2D eigenvalue weighted by atomic mass is 10.2. The molecule has 1 heterocycles. The van der Waals surface area contributed by atoms with E-state index in [1.54, 1.807) is 0 Å². The molecule has 2 nitrogen and oxygen atoms in total. The van der Waals surface area contributed by atoms with Gasteiger partial charge in [0.25, 0.3) is 0 Å². The lowest BCUT2D eigenvalue weighted by Gasteiger charge is -2.09. The number of fused-ring (bicyclic) bond motifs is 1. The highest BCUT2D eigenvalue weighted by Gasteiger charge is 2.11. The van der Waals surface area contributed by atoms with Gasteiger partial charge >= 0.3 is 0 Å². The summed E-state index contributed by atoms with van der Waals surface area (Å²) in [5.74, 6) is 1.03. The number of thioether (sulfide) groups is 1. The van der Waals surface area contributed by atoms with Crippen molar-refractivity contribution in [3.05, 3.63) is 35.5 Å². The summed E-state index contributed by atoms with van der Waals surface area (Å²) >= 11 is 1.84. The van der Waals surface area contributed by atoms with Gasteiger partial charge in [0.05, 0.1) is 11.8 Å². The normalized spacial score (nSPS) is 18.1. The monoisotopic (exact) mass is 216 g/mol. The van der Waals surface area contributed by atoms with Gasteiger partial charge in [0.2, 0.25) is 0 Å². The molecule has 3 heteroatoms. The third kappa shape index (κ3) is 2.16. The van der Waals surface area contributed by atoms with Gasteiger partial charge in [0.1, 0.15) is 0 Å². The highest BCUT2D eigenvalue weighted by atomic mass is 32.2. The van der Waals surface area contributed by atoms with Crippen molar-refractivity contribution in [2.45, 2.75) is 18.2 Å².